The number of Topliss-reactive ketones (excluding diaryl/α,β-unsaturated/α-hetero) is 1. The summed E-state index contributed by atoms with van der Waals surface area (Å²) < 4.78 is 35.1. The predicted octanol–water partition coefficient (Wildman–Crippen LogP) is 1.63. The number of H-pyrrole nitrogens is 1. The van der Waals surface area contributed by atoms with Gasteiger partial charge < -0.3 is 4.98 Å². The van der Waals surface area contributed by atoms with Crippen LogP contribution in [0.1, 0.15) is 0 Å². The van der Waals surface area contributed by atoms with E-state index in [0.29, 0.717) is 5.16 Å². The van der Waals surface area contributed by atoms with E-state index in [-0.39, 0.29) is 0 Å². The molecule has 0 aliphatic carbocycles. The number of carbonyl (C=O) groups is 1. The zero-order valence-electron chi connectivity index (χ0n) is 6.26. The summed E-state index contributed by atoms with van der Waals surface area (Å²) in [5.74, 6) is -2.40. The molecule has 0 saturated carbocycles. The standard InChI is InChI=1S/C6H5F3N2OS/c7-6(8,9)4(12)3-13-5-10-1-2-11-5/h1-2H,3H2,(H,10,11). The molecule has 0 aromatic carbocycles. The van der Waals surface area contributed by atoms with Crippen molar-refractivity contribution in [2.45, 2.75) is 11.3 Å². The number of rotatable bonds is 3. The smallest absolute Gasteiger partial charge is 0.340 e. The first kappa shape index (κ1) is 10.1. The summed E-state index contributed by atoms with van der Waals surface area (Å²) in [6, 6.07) is 0. The molecule has 1 aromatic heterocycles. The number of thioether (sulfide) groups is 1. The Balaban J connectivity index is 2.40. The van der Waals surface area contributed by atoms with Crippen molar-refractivity contribution < 1.29 is 18.0 Å². The number of ketones is 1. The second-order valence-corrected chi connectivity index (χ2v) is 3.07. The van der Waals surface area contributed by atoms with Gasteiger partial charge in [0.15, 0.2) is 5.16 Å². The summed E-state index contributed by atoms with van der Waals surface area (Å²) in [7, 11) is 0. The number of nitrogens with one attached hydrogen (secondary N) is 1. The third kappa shape index (κ3) is 3.10. The van der Waals surface area contributed by atoms with Crippen LogP contribution in [0.25, 0.3) is 0 Å². The van der Waals surface area contributed by atoms with Crippen molar-refractivity contribution in [2.24, 2.45) is 0 Å². The van der Waals surface area contributed by atoms with Gasteiger partial charge in [0.25, 0.3) is 0 Å². The second kappa shape index (κ2) is 3.82. The topological polar surface area (TPSA) is 45.8 Å². The Labute approximate surface area is 75.7 Å². The average molecular weight is 210 g/mol. The van der Waals surface area contributed by atoms with Gasteiger partial charge in [0.2, 0.25) is 5.78 Å². The minimum Gasteiger partial charge on any atom is -0.340 e. The molecule has 1 heterocycles. The van der Waals surface area contributed by atoms with E-state index in [2.05, 4.69) is 9.97 Å². The van der Waals surface area contributed by atoms with Crippen molar-refractivity contribution in [3.05, 3.63) is 12.4 Å². The Bertz CT molecular complexity index is 283. The third-order valence-electron chi connectivity index (χ3n) is 1.13. The SMILES string of the molecule is O=C(CSc1ncc[nH]1)C(F)(F)F. The van der Waals surface area contributed by atoms with Crippen LogP contribution >= 0.6 is 11.8 Å². The summed E-state index contributed by atoms with van der Waals surface area (Å²) >= 11 is 0.726. The molecule has 7 heteroatoms. The number of hydrogen-bond acceptors (Lipinski definition) is 3. The highest BCUT2D eigenvalue weighted by molar-refractivity contribution is 7.99. The van der Waals surface area contributed by atoms with Gasteiger partial charge in [0.05, 0.1) is 5.75 Å². The molecule has 0 unspecified atom stereocenters. The number of imidazole rings is 1. The maximum absolute atomic E-state index is 11.7. The maximum Gasteiger partial charge on any atom is 0.450 e. The lowest BCUT2D eigenvalue weighted by Gasteiger charge is -2.02. The Kier molecular flexibility index (Phi) is 2.97. The van der Waals surface area contributed by atoms with Gasteiger partial charge in [-0.05, 0) is 0 Å². The van der Waals surface area contributed by atoms with Crippen molar-refractivity contribution in [1.29, 1.82) is 0 Å². The normalized spacial score (nSPS) is 11.6. The first-order valence-corrected chi connectivity index (χ1v) is 4.21. The quantitative estimate of drug-likeness (QED) is 0.771. The fourth-order valence-electron chi connectivity index (χ4n) is 0.545. The number of halogens is 3. The molecule has 0 amide bonds. The van der Waals surface area contributed by atoms with Gasteiger partial charge in [-0.15, -0.1) is 0 Å². The molecule has 72 valence electrons. The molecule has 0 radical (unpaired) electrons. The van der Waals surface area contributed by atoms with E-state index in [1.54, 1.807) is 0 Å². The number of carbonyl (C=O) groups excluding carboxylic acids is 1. The van der Waals surface area contributed by atoms with E-state index in [1.807, 2.05) is 0 Å². The molecular formula is C6H5F3N2OS. The summed E-state index contributed by atoms with van der Waals surface area (Å²) in [5, 5.41) is 0.303. The molecule has 0 aliphatic heterocycles. The third-order valence-corrected chi connectivity index (χ3v) is 2.03. The largest absolute Gasteiger partial charge is 0.450 e. The van der Waals surface area contributed by atoms with Crippen LogP contribution in [0.2, 0.25) is 0 Å². The van der Waals surface area contributed by atoms with Crippen LogP contribution in [0.3, 0.4) is 0 Å². The van der Waals surface area contributed by atoms with E-state index in [0.717, 1.165) is 11.8 Å². The van der Waals surface area contributed by atoms with Gasteiger partial charge in [-0.1, -0.05) is 11.8 Å². The molecule has 1 aromatic rings. The summed E-state index contributed by atoms with van der Waals surface area (Å²) in [6.45, 7) is 0. The van der Waals surface area contributed by atoms with Crippen molar-refractivity contribution in [1.82, 2.24) is 9.97 Å². The van der Waals surface area contributed by atoms with Gasteiger partial charge in [-0.25, -0.2) is 4.98 Å². The van der Waals surface area contributed by atoms with E-state index < -0.39 is 17.7 Å². The zero-order valence-corrected chi connectivity index (χ0v) is 7.08. The van der Waals surface area contributed by atoms with Crippen LogP contribution in [0.15, 0.2) is 17.6 Å². The number of hydrogen-bond donors (Lipinski definition) is 1. The van der Waals surface area contributed by atoms with Crippen LogP contribution in [-0.2, 0) is 4.79 Å². The zero-order chi connectivity index (χ0) is 9.90. The van der Waals surface area contributed by atoms with Crippen molar-refractivity contribution in [2.75, 3.05) is 5.75 Å². The minimum atomic E-state index is -4.75. The lowest BCUT2D eigenvalue weighted by atomic mass is 10.4. The molecule has 0 saturated heterocycles. The van der Waals surface area contributed by atoms with Gasteiger partial charge >= 0.3 is 6.18 Å². The molecule has 1 N–H and O–H groups in total. The van der Waals surface area contributed by atoms with Crippen molar-refractivity contribution in [3.8, 4) is 0 Å². The first-order valence-electron chi connectivity index (χ1n) is 3.22. The molecule has 13 heavy (non-hydrogen) atoms. The summed E-state index contributed by atoms with van der Waals surface area (Å²) in [5.41, 5.74) is 0. The van der Waals surface area contributed by atoms with Crippen LogP contribution < -0.4 is 0 Å². The molecule has 0 aliphatic rings. The molecule has 0 fully saturated rings. The highest BCUT2D eigenvalue weighted by atomic mass is 32.2. The lowest BCUT2D eigenvalue weighted by molar-refractivity contribution is -0.167. The van der Waals surface area contributed by atoms with Gasteiger partial charge in [-0.2, -0.15) is 13.2 Å². The molecule has 3 nitrogen and oxygen atoms in total. The van der Waals surface area contributed by atoms with E-state index in [1.165, 1.54) is 12.4 Å². The Hall–Kier alpha value is -0.980. The van der Waals surface area contributed by atoms with Crippen LogP contribution in [-0.4, -0.2) is 27.7 Å². The molecule has 0 atom stereocenters. The number of aromatic nitrogens is 2. The summed E-state index contributed by atoms with van der Waals surface area (Å²) in [4.78, 5) is 16.6. The second-order valence-electron chi connectivity index (χ2n) is 2.10. The van der Waals surface area contributed by atoms with Crippen molar-refractivity contribution in [3.63, 3.8) is 0 Å². The van der Waals surface area contributed by atoms with E-state index >= 15 is 0 Å². The summed E-state index contributed by atoms with van der Waals surface area (Å²) in [6.07, 6.45) is -1.87. The molecular weight excluding hydrogens is 205 g/mol. The van der Waals surface area contributed by atoms with E-state index in [9.17, 15) is 18.0 Å². The fourth-order valence-corrected chi connectivity index (χ4v) is 1.26. The highest BCUT2D eigenvalue weighted by Crippen LogP contribution is 2.21. The Morgan fingerprint density at radius 1 is 1.62 bits per heavy atom. The molecule has 0 spiro atoms. The first-order chi connectivity index (χ1) is 6.00. The van der Waals surface area contributed by atoms with Crippen LogP contribution in [0, 0.1) is 0 Å². The minimum absolute atomic E-state index is 0.303. The van der Waals surface area contributed by atoms with Crippen LogP contribution in [0.5, 0.6) is 0 Å². The lowest BCUT2D eigenvalue weighted by Crippen LogP contribution is -2.24. The predicted molar refractivity (Wildman–Crippen MR) is 40.4 cm³/mol. The number of alkyl halides is 3. The number of nitrogens with zero attached hydrogens (tertiary/aromatic N) is 1. The monoisotopic (exact) mass is 210 g/mol. The van der Waals surface area contributed by atoms with Gasteiger partial charge in [0.1, 0.15) is 0 Å². The van der Waals surface area contributed by atoms with Gasteiger partial charge in [-0.3, -0.25) is 4.79 Å². The number of aromatic amines is 1. The van der Waals surface area contributed by atoms with Crippen LogP contribution in [0.4, 0.5) is 13.2 Å². The Morgan fingerprint density at radius 3 is 2.77 bits per heavy atom. The fraction of sp³-hybridized carbons (Fsp3) is 0.333. The average Bonchev–Trinajstić information content (AvgIpc) is 2.50. The van der Waals surface area contributed by atoms with Gasteiger partial charge in [0, 0.05) is 12.4 Å². The highest BCUT2D eigenvalue weighted by Gasteiger charge is 2.37. The Morgan fingerprint density at radius 2 is 2.31 bits per heavy atom. The van der Waals surface area contributed by atoms with Crippen molar-refractivity contribution >= 4 is 17.5 Å². The van der Waals surface area contributed by atoms with E-state index in [4.69, 9.17) is 0 Å². The molecule has 1 rings (SSSR count). The maximum atomic E-state index is 11.7. The molecule has 0 bridgehead atoms.